The molecule has 0 atom stereocenters. The molecular formula is C39H37NO. The summed E-state index contributed by atoms with van der Waals surface area (Å²) in [5, 5.41) is 2.36. The maximum atomic E-state index is 7.00. The maximum Gasteiger partial charge on any atom is 0.145 e. The Morgan fingerprint density at radius 2 is 1.37 bits per heavy atom. The first-order valence-corrected chi connectivity index (χ1v) is 15.1. The van der Waals surface area contributed by atoms with Gasteiger partial charge in [0.1, 0.15) is 11.2 Å². The zero-order valence-electron chi connectivity index (χ0n) is 24.3. The largest absolute Gasteiger partial charge is 0.455 e. The van der Waals surface area contributed by atoms with Gasteiger partial charge in [-0.1, -0.05) is 107 Å². The van der Waals surface area contributed by atoms with Crippen molar-refractivity contribution in [3.05, 3.63) is 114 Å². The molecule has 4 aromatic carbocycles. The van der Waals surface area contributed by atoms with Gasteiger partial charge in [0.2, 0.25) is 0 Å². The van der Waals surface area contributed by atoms with Crippen LogP contribution in [0.3, 0.4) is 0 Å². The van der Waals surface area contributed by atoms with Gasteiger partial charge in [0.15, 0.2) is 0 Å². The highest BCUT2D eigenvalue weighted by atomic mass is 16.3. The normalized spacial score (nSPS) is 14.6. The molecule has 204 valence electrons. The van der Waals surface area contributed by atoms with Crippen molar-refractivity contribution in [3.8, 4) is 33.5 Å². The van der Waals surface area contributed by atoms with Crippen LogP contribution in [0.5, 0.6) is 0 Å². The van der Waals surface area contributed by atoms with Crippen LogP contribution < -0.4 is 0 Å². The second-order valence-electron chi connectivity index (χ2n) is 12.7. The third kappa shape index (κ3) is 4.76. The van der Waals surface area contributed by atoms with Crippen LogP contribution in [0.4, 0.5) is 0 Å². The molecule has 1 fully saturated rings. The fourth-order valence-electron chi connectivity index (χ4n) is 6.72. The van der Waals surface area contributed by atoms with Crippen molar-refractivity contribution in [3.63, 3.8) is 0 Å². The fourth-order valence-corrected chi connectivity index (χ4v) is 6.72. The van der Waals surface area contributed by atoms with E-state index in [0.717, 1.165) is 38.9 Å². The summed E-state index contributed by atoms with van der Waals surface area (Å²) in [7, 11) is 0. The highest BCUT2D eigenvalue weighted by Gasteiger charge is 2.26. The van der Waals surface area contributed by atoms with Crippen molar-refractivity contribution in [1.29, 1.82) is 0 Å². The second kappa shape index (κ2) is 10.3. The minimum atomic E-state index is -0.0549. The Kier molecular flexibility index (Phi) is 6.50. The van der Waals surface area contributed by atoms with E-state index in [9.17, 15) is 0 Å². The van der Waals surface area contributed by atoms with Crippen LogP contribution >= 0.6 is 0 Å². The lowest BCUT2D eigenvalue weighted by atomic mass is 9.82. The predicted molar refractivity (Wildman–Crippen MR) is 172 cm³/mol. The van der Waals surface area contributed by atoms with Crippen molar-refractivity contribution in [1.82, 2.24) is 4.98 Å². The van der Waals surface area contributed by atoms with E-state index in [1.807, 2.05) is 6.20 Å². The number of hydrogen-bond donors (Lipinski definition) is 0. The highest BCUT2D eigenvalue weighted by molar-refractivity contribution is 6.15. The minimum Gasteiger partial charge on any atom is -0.455 e. The molecule has 1 aliphatic carbocycles. The summed E-state index contributed by atoms with van der Waals surface area (Å²) in [4.78, 5) is 4.90. The van der Waals surface area contributed by atoms with Gasteiger partial charge in [0.05, 0.1) is 5.69 Å². The number of aromatic nitrogens is 1. The first-order valence-electron chi connectivity index (χ1n) is 15.1. The van der Waals surface area contributed by atoms with Crippen LogP contribution in [0.15, 0.2) is 108 Å². The quantitative estimate of drug-likeness (QED) is 0.224. The molecule has 0 unspecified atom stereocenters. The number of rotatable bonds is 4. The molecule has 0 spiro atoms. The number of nitrogens with zero attached hydrogens (tertiary/aromatic N) is 1. The van der Waals surface area contributed by atoms with Gasteiger partial charge in [-0.25, -0.2) is 0 Å². The molecule has 0 saturated heterocycles. The Bertz CT molecular complexity index is 1830. The van der Waals surface area contributed by atoms with Gasteiger partial charge in [-0.2, -0.15) is 0 Å². The van der Waals surface area contributed by atoms with E-state index < -0.39 is 0 Å². The smallest absolute Gasteiger partial charge is 0.145 e. The van der Waals surface area contributed by atoms with Gasteiger partial charge in [-0.05, 0) is 82.3 Å². The van der Waals surface area contributed by atoms with E-state index in [1.54, 1.807) is 0 Å². The van der Waals surface area contributed by atoms with E-state index in [0.29, 0.717) is 5.92 Å². The molecule has 2 nitrogen and oxygen atoms in total. The summed E-state index contributed by atoms with van der Waals surface area (Å²) in [5.74, 6) is 0.628. The molecule has 7 rings (SSSR count). The van der Waals surface area contributed by atoms with Crippen LogP contribution in [0.1, 0.15) is 69.9 Å². The standard InChI is InChI=1S/C39H37NO/c1-39(2,3)34-20-19-31(35-25-29(21-22-40-35)26-13-7-4-8-14-26)38-36(34)33-24-30(27-15-9-5-10-16-27)23-32(37(33)41-38)28-17-11-6-12-18-28/h5-6,9-12,15-26H,4,7-8,13-14H2,1-3H3. The molecule has 0 aliphatic heterocycles. The molecule has 6 aromatic rings. The zero-order chi connectivity index (χ0) is 28.0. The Labute approximate surface area is 243 Å². The molecule has 0 amide bonds. The Morgan fingerprint density at radius 1 is 0.659 bits per heavy atom. The van der Waals surface area contributed by atoms with Crippen LogP contribution in [0, 0.1) is 0 Å². The van der Waals surface area contributed by atoms with Gasteiger partial charge in [-0.15, -0.1) is 0 Å². The molecule has 41 heavy (non-hydrogen) atoms. The van der Waals surface area contributed by atoms with Crippen molar-refractivity contribution in [2.75, 3.05) is 0 Å². The Morgan fingerprint density at radius 3 is 2.07 bits per heavy atom. The summed E-state index contributed by atoms with van der Waals surface area (Å²) >= 11 is 0. The lowest BCUT2D eigenvalue weighted by molar-refractivity contribution is 0.443. The van der Waals surface area contributed by atoms with Crippen molar-refractivity contribution in [2.45, 2.75) is 64.2 Å². The van der Waals surface area contributed by atoms with Crippen LogP contribution in [-0.4, -0.2) is 4.98 Å². The third-order valence-corrected chi connectivity index (χ3v) is 8.86. The average molecular weight is 536 g/mol. The molecule has 0 bridgehead atoms. The van der Waals surface area contributed by atoms with Gasteiger partial charge in [-0.3, -0.25) is 4.98 Å². The molecule has 0 N–H and O–H groups in total. The number of hydrogen-bond acceptors (Lipinski definition) is 2. The van der Waals surface area contributed by atoms with E-state index in [2.05, 4.69) is 118 Å². The second-order valence-corrected chi connectivity index (χ2v) is 12.7. The number of pyridine rings is 1. The number of furan rings is 1. The zero-order valence-corrected chi connectivity index (χ0v) is 24.3. The first-order chi connectivity index (χ1) is 20.0. The summed E-state index contributed by atoms with van der Waals surface area (Å²) in [6, 6.07) is 35.0. The monoisotopic (exact) mass is 535 g/mol. The first kappa shape index (κ1) is 25.8. The summed E-state index contributed by atoms with van der Waals surface area (Å²) in [5.41, 5.74) is 11.3. The SMILES string of the molecule is CC(C)(C)c1ccc(-c2cc(C3CCCCC3)ccn2)c2oc3c(-c4ccccc4)cc(-c4ccccc4)cc3c12. The topological polar surface area (TPSA) is 26.0 Å². The number of benzene rings is 4. The minimum absolute atomic E-state index is 0.0549. The molecule has 1 aliphatic rings. The molecule has 2 aromatic heterocycles. The van der Waals surface area contributed by atoms with E-state index in [-0.39, 0.29) is 5.41 Å². The lowest BCUT2D eigenvalue weighted by Gasteiger charge is -2.23. The van der Waals surface area contributed by atoms with Gasteiger partial charge in [0, 0.05) is 28.1 Å². The predicted octanol–water partition coefficient (Wildman–Crippen LogP) is 11.3. The Balaban J connectivity index is 1.53. The molecule has 2 heteroatoms. The van der Waals surface area contributed by atoms with Crippen LogP contribution in [0.2, 0.25) is 0 Å². The summed E-state index contributed by atoms with van der Waals surface area (Å²) in [6.07, 6.45) is 8.54. The molecular weight excluding hydrogens is 498 g/mol. The summed E-state index contributed by atoms with van der Waals surface area (Å²) in [6.45, 7) is 6.88. The van der Waals surface area contributed by atoms with Gasteiger partial charge >= 0.3 is 0 Å². The Hall–Kier alpha value is -4.17. The molecule has 2 heterocycles. The highest BCUT2D eigenvalue weighted by Crippen LogP contribution is 2.46. The summed E-state index contributed by atoms with van der Waals surface area (Å²) < 4.78 is 7.00. The fraction of sp³-hybridized carbons (Fsp3) is 0.256. The van der Waals surface area contributed by atoms with Crippen LogP contribution in [-0.2, 0) is 5.41 Å². The third-order valence-electron chi connectivity index (χ3n) is 8.86. The van der Waals surface area contributed by atoms with E-state index in [1.165, 1.54) is 59.7 Å². The van der Waals surface area contributed by atoms with Gasteiger partial charge < -0.3 is 4.42 Å². The van der Waals surface area contributed by atoms with E-state index in [4.69, 9.17) is 9.40 Å². The van der Waals surface area contributed by atoms with Crippen molar-refractivity contribution < 1.29 is 4.42 Å². The van der Waals surface area contributed by atoms with E-state index >= 15 is 0 Å². The maximum absolute atomic E-state index is 7.00. The molecule has 0 radical (unpaired) electrons. The molecule has 1 saturated carbocycles. The van der Waals surface area contributed by atoms with Gasteiger partial charge in [0.25, 0.3) is 0 Å². The van der Waals surface area contributed by atoms with Crippen molar-refractivity contribution >= 4 is 21.9 Å². The van der Waals surface area contributed by atoms with Crippen molar-refractivity contribution in [2.24, 2.45) is 0 Å². The number of fused-ring (bicyclic) bond motifs is 3. The lowest BCUT2D eigenvalue weighted by Crippen LogP contribution is -2.11. The average Bonchev–Trinajstić information content (AvgIpc) is 3.40. The van der Waals surface area contributed by atoms with Crippen LogP contribution in [0.25, 0.3) is 55.4 Å².